The molecule has 1 aliphatic carbocycles. The molecule has 1 amide bonds. The van der Waals surface area contributed by atoms with E-state index < -0.39 is 0 Å². The molecular formula is C14H19NO2. The lowest BCUT2D eigenvalue weighted by Gasteiger charge is -1.93. The zero-order valence-corrected chi connectivity index (χ0v) is 10.8. The van der Waals surface area contributed by atoms with Crippen molar-refractivity contribution in [3.63, 3.8) is 0 Å². The standard InChI is InChI=1S/C12H13NO2.C2H6/c1-8-3-5-9-7-11(12(14)13-2)15-10(9)6-4-8;1-2/h3-8H,1-2H3,(H,13,14);1-2H3. The van der Waals surface area contributed by atoms with Gasteiger partial charge in [-0.05, 0) is 18.1 Å². The van der Waals surface area contributed by atoms with Crippen LogP contribution in [0.25, 0.3) is 12.2 Å². The topological polar surface area (TPSA) is 42.2 Å². The molecule has 1 aromatic rings. The van der Waals surface area contributed by atoms with Crippen molar-refractivity contribution < 1.29 is 9.21 Å². The van der Waals surface area contributed by atoms with E-state index in [1.165, 1.54) is 0 Å². The Morgan fingerprint density at radius 1 is 1.29 bits per heavy atom. The summed E-state index contributed by atoms with van der Waals surface area (Å²) in [5, 5.41) is 2.53. The van der Waals surface area contributed by atoms with E-state index in [0.29, 0.717) is 11.7 Å². The Bertz CT molecular complexity index is 410. The van der Waals surface area contributed by atoms with Gasteiger partial charge in [0, 0.05) is 12.6 Å². The van der Waals surface area contributed by atoms with Crippen molar-refractivity contribution in [2.24, 2.45) is 5.92 Å². The van der Waals surface area contributed by atoms with E-state index in [-0.39, 0.29) is 5.91 Å². The number of allylic oxidation sites excluding steroid dienone is 2. The van der Waals surface area contributed by atoms with Crippen molar-refractivity contribution in [3.8, 4) is 0 Å². The van der Waals surface area contributed by atoms with Crippen molar-refractivity contribution in [1.29, 1.82) is 0 Å². The molecule has 0 saturated carbocycles. The molecule has 2 rings (SSSR count). The van der Waals surface area contributed by atoms with E-state index in [1.807, 2.05) is 32.1 Å². The lowest BCUT2D eigenvalue weighted by Crippen LogP contribution is -2.16. The van der Waals surface area contributed by atoms with Gasteiger partial charge in [-0.2, -0.15) is 0 Å². The van der Waals surface area contributed by atoms with Gasteiger partial charge in [0.2, 0.25) is 0 Å². The summed E-state index contributed by atoms with van der Waals surface area (Å²) in [4.78, 5) is 11.3. The quantitative estimate of drug-likeness (QED) is 0.808. The second kappa shape index (κ2) is 6.09. The molecule has 3 nitrogen and oxygen atoms in total. The van der Waals surface area contributed by atoms with Gasteiger partial charge >= 0.3 is 0 Å². The molecule has 0 saturated heterocycles. The van der Waals surface area contributed by atoms with Crippen molar-refractivity contribution in [1.82, 2.24) is 5.32 Å². The van der Waals surface area contributed by atoms with Crippen molar-refractivity contribution >= 4 is 18.1 Å². The zero-order valence-electron chi connectivity index (χ0n) is 10.8. The fraction of sp³-hybridized carbons (Fsp3) is 0.357. The Hall–Kier alpha value is -1.77. The number of hydrogen-bond acceptors (Lipinski definition) is 2. The van der Waals surface area contributed by atoms with Crippen LogP contribution in [0.15, 0.2) is 22.6 Å². The average molecular weight is 233 g/mol. The van der Waals surface area contributed by atoms with Gasteiger partial charge in [0.05, 0.1) is 0 Å². The average Bonchev–Trinajstić information content (AvgIpc) is 2.71. The third-order valence-corrected chi connectivity index (χ3v) is 2.37. The molecular weight excluding hydrogens is 214 g/mol. The van der Waals surface area contributed by atoms with E-state index in [9.17, 15) is 4.79 Å². The van der Waals surface area contributed by atoms with Crippen LogP contribution in [-0.2, 0) is 0 Å². The molecule has 92 valence electrons. The molecule has 0 fully saturated rings. The van der Waals surface area contributed by atoms with Crippen LogP contribution in [0.4, 0.5) is 0 Å². The number of nitrogens with one attached hydrogen (secondary N) is 1. The van der Waals surface area contributed by atoms with Crippen LogP contribution in [0.3, 0.4) is 0 Å². The van der Waals surface area contributed by atoms with E-state index >= 15 is 0 Å². The number of fused-ring (bicyclic) bond motifs is 1. The number of hydrogen-bond donors (Lipinski definition) is 1. The molecule has 0 spiro atoms. The highest BCUT2D eigenvalue weighted by molar-refractivity contribution is 5.92. The summed E-state index contributed by atoms with van der Waals surface area (Å²) >= 11 is 0. The van der Waals surface area contributed by atoms with Crippen LogP contribution < -0.4 is 5.32 Å². The van der Waals surface area contributed by atoms with Crippen molar-refractivity contribution in [2.45, 2.75) is 20.8 Å². The molecule has 0 bridgehead atoms. The first-order valence-electron chi connectivity index (χ1n) is 5.93. The van der Waals surface area contributed by atoms with Gasteiger partial charge < -0.3 is 9.73 Å². The summed E-state index contributed by atoms with van der Waals surface area (Å²) < 4.78 is 5.44. The third-order valence-electron chi connectivity index (χ3n) is 2.37. The Kier molecular flexibility index (Phi) is 4.76. The Morgan fingerprint density at radius 2 is 1.94 bits per heavy atom. The highest BCUT2D eigenvalue weighted by atomic mass is 16.3. The molecule has 17 heavy (non-hydrogen) atoms. The molecule has 1 aromatic heterocycles. The number of carbonyl (C=O) groups is 1. The monoisotopic (exact) mass is 233 g/mol. The highest BCUT2D eigenvalue weighted by Gasteiger charge is 2.13. The summed E-state index contributed by atoms with van der Waals surface area (Å²) in [6.07, 6.45) is 8.01. The minimum Gasteiger partial charge on any atom is -0.451 e. The minimum atomic E-state index is -0.196. The lowest BCUT2D eigenvalue weighted by atomic mass is 10.1. The number of furan rings is 1. The predicted molar refractivity (Wildman–Crippen MR) is 70.7 cm³/mol. The Balaban J connectivity index is 0.000000686. The zero-order chi connectivity index (χ0) is 12.8. The molecule has 1 N–H and O–H groups in total. The maximum absolute atomic E-state index is 11.3. The maximum atomic E-state index is 11.3. The Labute approximate surface area is 102 Å². The normalized spacial score (nSPS) is 16.6. The molecule has 0 aromatic carbocycles. The van der Waals surface area contributed by atoms with Gasteiger partial charge in [-0.1, -0.05) is 39.0 Å². The van der Waals surface area contributed by atoms with Crippen LogP contribution in [0.2, 0.25) is 0 Å². The third kappa shape index (κ3) is 3.09. The first-order chi connectivity index (χ1) is 8.20. The van der Waals surface area contributed by atoms with Crippen LogP contribution >= 0.6 is 0 Å². The van der Waals surface area contributed by atoms with Gasteiger partial charge in [-0.15, -0.1) is 0 Å². The van der Waals surface area contributed by atoms with Gasteiger partial charge in [0.25, 0.3) is 5.91 Å². The molecule has 0 radical (unpaired) electrons. The summed E-state index contributed by atoms with van der Waals surface area (Å²) in [6, 6.07) is 1.76. The fourth-order valence-corrected chi connectivity index (χ4v) is 1.47. The van der Waals surface area contributed by atoms with E-state index in [1.54, 1.807) is 13.1 Å². The largest absolute Gasteiger partial charge is 0.451 e. The van der Waals surface area contributed by atoms with E-state index in [4.69, 9.17) is 4.42 Å². The minimum absolute atomic E-state index is 0.196. The number of amides is 1. The lowest BCUT2D eigenvalue weighted by molar-refractivity contribution is 0.0935. The van der Waals surface area contributed by atoms with Gasteiger partial charge in [0.15, 0.2) is 5.76 Å². The van der Waals surface area contributed by atoms with Crippen LogP contribution in [0, 0.1) is 5.92 Å². The number of carbonyl (C=O) groups excluding carboxylic acids is 1. The maximum Gasteiger partial charge on any atom is 0.286 e. The summed E-state index contributed by atoms with van der Waals surface area (Å²) in [7, 11) is 1.59. The van der Waals surface area contributed by atoms with Crippen LogP contribution in [0.5, 0.6) is 0 Å². The fourth-order valence-electron chi connectivity index (χ4n) is 1.47. The Morgan fingerprint density at radius 3 is 2.59 bits per heavy atom. The molecule has 3 heteroatoms. The predicted octanol–water partition coefficient (Wildman–Crippen LogP) is 3.34. The summed E-state index contributed by atoms with van der Waals surface area (Å²) in [5.41, 5.74) is 0.953. The summed E-state index contributed by atoms with van der Waals surface area (Å²) in [5.74, 6) is 1.30. The second-order valence-electron chi connectivity index (χ2n) is 3.59. The van der Waals surface area contributed by atoms with Crippen LogP contribution in [-0.4, -0.2) is 13.0 Å². The molecule has 0 aliphatic heterocycles. The molecule has 1 atom stereocenters. The summed E-state index contributed by atoms with van der Waals surface area (Å²) in [6.45, 7) is 6.10. The first kappa shape index (κ1) is 13.3. The van der Waals surface area contributed by atoms with Gasteiger partial charge in [-0.3, -0.25) is 4.79 Å². The molecule has 1 heterocycles. The SMILES string of the molecule is CC.CNC(=O)c1cc2c(o1)C=CC(C)C=C2. The molecule has 1 unspecified atom stereocenters. The smallest absolute Gasteiger partial charge is 0.286 e. The van der Waals surface area contributed by atoms with Gasteiger partial charge in [-0.25, -0.2) is 0 Å². The van der Waals surface area contributed by atoms with Crippen molar-refractivity contribution in [2.75, 3.05) is 7.05 Å². The second-order valence-corrected chi connectivity index (χ2v) is 3.59. The van der Waals surface area contributed by atoms with Crippen LogP contribution in [0.1, 0.15) is 42.6 Å². The van der Waals surface area contributed by atoms with Crippen molar-refractivity contribution in [3.05, 3.63) is 35.3 Å². The van der Waals surface area contributed by atoms with E-state index in [2.05, 4.69) is 18.3 Å². The molecule has 1 aliphatic rings. The highest BCUT2D eigenvalue weighted by Crippen LogP contribution is 2.23. The first-order valence-corrected chi connectivity index (χ1v) is 5.93. The van der Waals surface area contributed by atoms with Gasteiger partial charge in [0.1, 0.15) is 5.76 Å². The van der Waals surface area contributed by atoms with E-state index in [0.717, 1.165) is 11.3 Å². The number of rotatable bonds is 1.